The Morgan fingerprint density at radius 3 is 2.19 bits per heavy atom. The minimum absolute atomic E-state index is 0.287. The average Bonchev–Trinajstić information content (AvgIpc) is 2.88. The molecule has 0 aromatic rings. The van der Waals surface area contributed by atoms with Crippen molar-refractivity contribution in [1.82, 2.24) is 16.0 Å². The van der Waals surface area contributed by atoms with Gasteiger partial charge < -0.3 is 30.2 Å². The third-order valence-electron chi connectivity index (χ3n) is 5.11. The summed E-state index contributed by atoms with van der Waals surface area (Å²) in [6.07, 6.45) is 7.52. The van der Waals surface area contributed by atoms with Crippen molar-refractivity contribution in [2.75, 3.05) is 13.2 Å². The maximum atomic E-state index is 13.1. The summed E-state index contributed by atoms with van der Waals surface area (Å²) in [7, 11) is 0. The number of amides is 3. The summed E-state index contributed by atoms with van der Waals surface area (Å²) in [5.74, 6) is 0.497. The molecule has 1 unspecified atom stereocenters. The van der Waals surface area contributed by atoms with Gasteiger partial charge in [-0.05, 0) is 99.1 Å². The quantitative estimate of drug-likeness (QED) is 0.319. The molecular weight excluding hydrogens is 474 g/mol. The average molecular weight is 522 g/mol. The van der Waals surface area contributed by atoms with Crippen LogP contribution in [0.4, 0.5) is 9.59 Å². The van der Waals surface area contributed by atoms with Crippen LogP contribution in [-0.2, 0) is 19.0 Å². The van der Waals surface area contributed by atoms with Crippen molar-refractivity contribution >= 4 is 18.1 Å². The number of nitrogens with one attached hydrogen (secondary N) is 3. The highest BCUT2D eigenvalue weighted by molar-refractivity contribution is 5.85. The van der Waals surface area contributed by atoms with Crippen LogP contribution in [0, 0.1) is 0 Å². The lowest BCUT2D eigenvalue weighted by molar-refractivity contribution is -0.124. The molecule has 1 aliphatic rings. The standard InChI is InChI=1S/C28H47N3O6/c1-19-14-10-11-15-20(2)23(19)35-18-21(3)30-24(32)22(31-26(34)37-28(7,8)9)16-12-13-17-29-25(33)36-27(4,5)6/h10,14-15,21-22H,11-13,16-18H2,1-9H3,(H,29,33)(H,30,32)(H,31,34)/t21?,22-/m0/s1. The largest absolute Gasteiger partial charge is 0.491 e. The number of allylic oxidation sites excluding steroid dienone is 5. The molecule has 0 spiro atoms. The zero-order valence-corrected chi connectivity index (χ0v) is 24.1. The second kappa shape index (κ2) is 14.7. The first kappa shape index (κ1) is 32.1. The van der Waals surface area contributed by atoms with Gasteiger partial charge in [-0.3, -0.25) is 4.79 Å². The lowest BCUT2D eigenvalue weighted by atomic mass is 10.1. The minimum Gasteiger partial charge on any atom is -0.491 e. The normalized spacial score (nSPS) is 15.6. The molecule has 3 N–H and O–H groups in total. The molecule has 0 aliphatic heterocycles. The molecule has 210 valence electrons. The van der Waals surface area contributed by atoms with Gasteiger partial charge in [0, 0.05) is 6.54 Å². The molecule has 0 bridgehead atoms. The Labute approximate surface area is 222 Å². The molecule has 37 heavy (non-hydrogen) atoms. The van der Waals surface area contributed by atoms with E-state index in [0.29, 0.717) is 25.8 Å². The number of carbonyl (C=O) groups is 3. The van der Waals surface area contributed by atoms with Crippen molar-refractivity contribution in [2.24, 2.45) is 0 Å². The van der Waals surface area contributed by atoms with E-state index in [-0.39, 0.29) is 18.6 Å². The summed E-state index contributed by atoms with van der Waals surface area (Å²) in [6, 6.07) is -1.08. The number of alkyl carbamates (subject to hydrolysis) is 2. The van der Waals surface area contributed by atoms with E-state index in [1.54, 1.807) is 41.5 Å². The highest BCUT2D eigenvalue weighted by atomic mass is 16.6. The molecular formula is C28H47N3O6. The summed E-state index contributed by atoms with van der Waals surface area (Å²) >= 11 is 0. The van der Waals surface area contributed by atoms with Gasteiger partial charge in [-0.2, -0.15) is 0 Å². The van der Waals surface area contributed by atoms with Crippen LogP contribution >= 0.6 is 0 Å². The van der Waals surface area contributed by atoms with Gasteiger partial charge >= 0.3 is 12.2 Å². The molecule has 9 heteroatoms. The molecule has 0 heterocycles. The van der Waals surface area contributed by atoms with Gasteiger partial charge in [0.25, 0.3) is 0 Å². The van der Waals surface area contributed by atoms with Crippen LogP contribution < -0.4 is 16.0 Å². The van der Waals surface area contributed by atoms with Crippen LogP contribution in [0.1, 0.15) is 88.0 Å². The molecule has 0 fully saturated rings. The number of hydrogen-bond acceptors (Lipinski definition) is 6. The lowest BCUT2D eigenvalue weighted by Gasteiger charge is -2.25. The Bertz CT molecular complexity index is 877. The van der Waals surface area contributed by atoms with Crippen LogP contribution in [0.25, 0.3) is 0 Å². The van der Waals surface area contributed by atoms with E-state index in [9.17, 15) is 14.4 Å². The first-order valence-electron chi connectivity index (χ1n) is 13.0. The molecule has 1 rings (SSSR count). The van der Waals surface area contributed by atoms with E-state index >= 15 is 0 Å². The fourth-order valence-corrected chi connectivity index (χ4v) is 3.49. The van der Waals surface area contributed by atoms with E-state index in [4.69, 9.17) is 14.2 Å². The van der Waals surface area contributed by atoms with Crippen molar-refractivity contribution in [3.63, 3.8) is 0 Å². The Morgan fingerprint density at radius 1 is 0.946 bits per heavy atom. The topological polar surface area (TPSA) is 115 Å². The Kier molecular flexibility index (Phi) is 12.7. The predicted octanol–water partition coefficient (Wildman–Crippen LogP) is 5.28. The Hall–Kier alpha value is -2.97. The molecule has 0 radical (unpaired) electrons. The van der Waals surface area contributed by atoms with Crippen LogP contribution in [0.15, 0.2) is 35.1 Å². The fourth-order valence-electron chi connectivity index (χ4n) is 3.49. The van der Waals surface area contributed by atoms with Gasteiger partial charge in [0.05, 0.1) is 6.04 Å². The van der Waals surface area contributed by atoms with E-state index < -0.39 is 29.4 Å². The summed E-state index contributed by atoms with van der Waals surface area (Å²) < 4.78 is 16.6. The van der Waals surface area contributed by atoms with Gasteiger partial charge in [0.1, 0.15) is 29.6 Å². The number of carbonyl (C=O) groups excluding carboxylic acids is 3. The number of rotatable bonds is 11. The zero-order chi connectivity index (χ0) is 28.2. The molecule has 9 nitrogen and oxygen atoms in total. The first-order chi connectivity index (χ1) is 17.1. The molecule has 2 atom stereocenters. The van der Waals surface area contributed by atoms with Crippen molar-refractivity contribution < 1.29 is 28.6 Å². The van der Waals surface area contributed by atoms with Crippen LogP contribution in [-0.4, -0.2) is 54.5 Å². The third-order valence-corrected chi connectivity index (χ3v) is 5.11. The van der Waals surface area contributed by atoms with Gasteiger partial charge in [-0.1, -0.05) is 18.2 Å². The third kappa shape index (κ3) is 14.4. The smallest absolute Gasteiger partial charge is 0.408 e. The maximum Gasteiger partial charge on any atom is 0.408 e. The second-order valence-electron chi connectivity index (χ2n) is 11.4. The summed E-state index contributed by atoms with van der Waals surface area (Å²) in [5.41, 5.74) is 0.843. The predicted molar refractivity (Wildman–Crippen MR) is 145 cm³/mol. The molecule has 0 saturated heterocycles. The summed E-state index contributed by atoms with van der Waals surface area (Å²) in [4.78, 5) is 37.2. The number of ether oxygens (including phenoxy) is 3. The van der Waals surface area contributed by atoms with Crippen molar-refractivity contribution in [1.29, 1.82) is 0 Å². The number of unbranched alkanes of at least 4 members (excludes halogenated alkanes) is 1. The minimum atomic E-state index is -0.790. The van der Waals surface area contributed by atoms with E-state index in [1.807, 2.05) is 26.8 Å². The highest BCUT2D eigenvalue weighted by Gasteiger charge is 2.25. The van der Waals surface area contributed by atoms with Gasteiger partial charge in [0.15, 0.2) is 0 Å². The number of hydrogen-bond donors (Lipinski definition) is 3. The SMILES string of the molecule is CC1=CCC=CC(C)=C1OCC(C)NC(=O)[C@H](CCCCNC(=O)OC(C)(C)C)NC(=O)OC(C)(C)C. The van der Waals surface area contributed by atoms with Crippen LogP contribution in [0.3, 0.4) is 0 Å². The van der Waals surface area contributed by atoms with Crippen molar-refractivity contribution in [3.05, 3.63) is 35.1 Å². The molecule has 0 aromatic carbocycles. The second-order valence-corrected chi connectivity index (χ2v) is 11.4. The van der Waals surface area contributed by atoms with Gasteiger partial charge in [-0.25, -0.2) is 9.59 Å². The molecule has 0 aromatic heterocycles. The fraction of sp³-hybridized carbons (Fsp3) is 0.679. The summed E-state index contributed by atoms with van der Waals surface area (Å²) in [6.45, 7) is 17.2. The van der Waals surface area contributed by atoms with E-state index in [0.717, 1.165) is 23.3 Å². The van der Waals surface area contributed by atoms with Crippen LogP contribution in [0.2, 0.25) is 0 Å². The highest BCUT2D eigenvalue weighted by Crippen LogP contribution is 2.21. The van der Waals surface area contributed by atoms with E-state index in [2.05, 4.69) is 28.1 Å². The van der Waals surface area contributed by atoms with Gasteiger partial charge in [-0.15, -0.1) is 0 Å². The Morgan fingerprint density at radius 2 is 1.57 bits per heavy atom. The maximum absolute atomic E-state index is 13.1. The lowest BCUT2D eigenvalue weighted by Crippen LogP contribution is -2.50. The zero-order valence-electron chi connectivity index (χ0n) is 24.1. The first-order valence-corrected chi connectivity index (χ1v) is 13.0. The molecule has 1 aliphatic carbocycles. The molecule has 3 amide bonds. The van der Waals surface area contributed by atoms with Gasteiger partial charge in [0.2, 0.25) is 5.91 Å². The Balaban J connectivity index is 2.67. The van der Waals surface area contributed by atoms with Crippen molar-refractivity contribution in [2.45, 2.75) is 111 Å². The van der Waals surface area contributed by atoms with E-state index in [1.165, 1.54) is 0 Å². The van der Waals surface area contributed by atoms with Crippen molar-refractivity contribution in [3.8, 4) is 0 Å². The van der Waals surface area contributed by atoms with Crippen LogP contribution in [0.5, 0.6) is 0 Å². The summed E-state index contributed by atoms with van der Waals surface area (Å²) in [5, 5.41) is 8.32. The monoisotopic (exact) mass is 521 g/mol. The molecule has 0 saturated carbocycles.